The van der Waals surface area contributed by atoms with Crippen molar-refractivity contribution in [3.63, 3.8) is 0 Å². The summed E-state index contributed by atoms with van der Waals surface area (Å²) in [5.74, 6) is 0.590. The molecule has 9 heteroatoms. The van der Waals surface area contributed by atoms with Crippen molar-refractivity contribution in [2.75, 3.05) is 7.11 Å². The molecule has 3 rings (SSSR count). The SMILES string of the molecule is CCC1(C)NC(=O)N(/N=C/c2ccc(OCc3ccc(Cl)cc3Cl)c(OC)c2)C1=O. The zero-order valence-corrected chi connectivity index (χ0v) is 18.3. The van der Waals surface area contributed by atoms with Crippen LogP contribution in [0, 0.1) is 0 Å². The van der Waals surface area contributed by atoms with Gasteiger partial charge in [0.05, 0.1) is 13.3 Å². The van der Waals surface area contributed by atoms with Crippen LogP contribution < -0.4 is 14.8 Å². The Balaban J connectivity index is 1.73. The number of carbonyl (C=O) groups excluding carboxylic acids is 2. The van der Waals surface area contributed by atoms with Gasteiger partial charge in [-0.05, 0) is 49.2 Å². The quantitative estimate of drug-likeness (QED) is 0.493. The van der Waals surface area contributed by atoms with E-state index in [2.05, 4.69) is 10.4 Å². The Morgan fingerprint density at radius 2 is 1.93 bits per heavy atom. The summed E-state index contributed by atoms with van der Waals surface area (Å²) in [6, 6.07) is 9.78. The molecule has 0 aliphatic carbocycles. The van der Waals surface area contributed by atoms with Crippen molar-refractivity contribution in [1.29, 1.82) is 0 Å². The highest BCUT2D eigenvalue weighted by Gasteiger charge is 2.46. The molecule has 0 bridgehead atoms. The molecule has 0 saturated carbocycles. The van der Waals surface area contributed by atoms with E-state index in [-0.39, 0.29) is 6.61 Å². The van der Waals surface area contributed by atoms with Gasteiger partial charge < -0.3 is 14.8 Å². The second-order valence-electron chi connectivity index (χ2n) is 6.91. The van der Waals surface area contributed by atoms with Crippen molar-refractivity contribution in [1.82, 2.24) is 10.3 Å². The molecule has 1 atom stereocenters. The number of carbonyl (C=O) groups is 2. The monoisotopic (exact) mass is 449 g/mol. The van der Waals surface area contributed by atoms with Gasteiger partial charge in [0.1, 0.15) is 12.1 Å². The molecule has 1 unspecified atom stereocenters. The summed E-state index contributed by atoms with van der Waals surface area (Å²) in [6.45, 7) is 3.73. The lowest BCUT2D eigenvalue weighted by Crippen LogP contribution is -2.42. The van der Waals surface area contributed by atoms with Crippen LogP contribution in [-0.4, -0.2) is 35.8 Å². The number of benzene rings is 2. The molecular weight excluding hydrogens is 429 g/mol. The maximum Gasteiger partial charge on any atom is 0.346 e. The van der Waals surface area contributed by atoms with Gasteiger partial charge in [0, 0.05) is 15.6 Å². The Kier molecular flexibility index (Phi) is 6.53. The van der Waals surface area contributed by atoms with Crippen LogP contribution in [0.4, 0.5) is 4.79 Å². The minimum absolute atomic E-state index is 0.234. The first-order valence-corrected chi connectivity index (χ1v) is 9.98. The van der Waals surface area contributed by atoms with Crippen molar-refractivity contribution < 1.29 is 19.1 Å². The highest BCUT2D eigenvalue weighted by molar-refractivity contribution is 6.35. The number of rotatable bonds is 7. The highest BCUT2D eigenvalue weighted by atomic mass is 35.5. The van der Waals surface area contributed by atoms with E-state index in [9.17, 15) is 9.59 Å². The van der Waals surface area contributed by atoms with Crippen LogP contribution in [0.3, 0.4) is 0 Å². The molecule has 1 aliphatic heterocycles. The van der Waals surface area contributed by atoms with Crippen LogP contribution in [0.5, 0.6) is 11.5 Å². The van der Waals surface area contributed by atoms with E-state index in [0.717, 1.165) is 10.6 Å². The first-order chi connectivity index (χ1) is 14.3. The standard InChI is InChI=1S/C21H21Cl2N3O4/c1-4-21(2)19(27)26(20(28)25-21)24-11-13-5-8-17(18(9-13)29-3)30-12-14-6-7-15(22)10-16(14)23/h5-11H,4,12H2,1-3H3,(H,25,28)/b24-11+. The van der Waals surface area contributed by atoms with Gasteiger partial charge in [0.2, 0.25) is 0 Å². The zero-order valence-electron chi connectivity index (χ0n) is 16.7. The summed E-state index contributed by atoms with van der Waals surface area (Å²) in [7, 11) is 1.52. The Morgan fingerprint density at radius 3 is 2.57 bits per heavy atom. The minimum atomic E-state index is -0.938. The number of methoxy groups -OCH3 is 1. The second-order valence-corrected chi connectivity index (χ2v) is 7.76. The highest BCUT2D eigenvalue weighted by Crippen LogP contribution is 2.30. The summed E-state index contributed by atoms with van der Waals surface area (Å²) in [6.07, 6.45) is 1.89. The molecule has 2 aromatic rings. The first-order valence-electron chi connectivity index (χ1n) is 9.23. The average molecular weight is 450 g/mol. The molecule has 1 aliphatic rings. The average Bonchev–Trinajstić information content (AvgIpc) is 2.94. The lowest BCUT2D eigenvalue weighted by molar-refractivity contribution is -0.130. The number of amides is 3. The molecule has 1 heterocycles. The van der Waals surface area contributed by atoms with E-state index in [0.29, 0.717) is 33.5 Å². The molecular formula is C21H21Cl2N3O4. The van der Waals surface area contributed by atoms with E-state index in [1.54, 1.807) is 43.3 Å². The van der Waals surface area contributed by atoms with Crippen LogP contribution >= 0.6 is 23.2 Å². The lowest BCUT2D eigenvalue weighted by atomic mass is 10.00. The van der Waals surface area contributed by atoms with E-state index in [1.165, 1.54) is 13.3 Å². The van der Waals surface area contributed by atoms with Crippen LogP contribution in [0.2, 0.25) is 10.0 Å². The van der Waals surface area contributed by atoms with Gasteiger partial charge in [-0.3, -0.25) is 4.79 Å². The number of imide groups is 1. The lowest BCUT2D eigenvalue weighted by Gasteiger charge is -2.17. The van der Waals surface area contributed by atoms with Crippen LogP contribution in [0.1, 0.15) is 31.4 Å². The molecule has 0 radical (unpaired) electrons. The zero-order chi connectivity index (χ0) is 21.9. The van der Waals surface area contributed by atoms with Gasteiger partial charge in [-0.15, -0.1) is 5.01 Å². The summed E-state index contributed by atoms with van der Waals surface area (Å²) in [5.41, 5.74) is 0.480. The van der Waals surface area contributed by atoms with Gasteiger partial charge >= 0.3 is 6.03 Å². The van der Waals surface area contributed by atoms with Crippen molar-refractivity contribution >= 4 is 41.4 Å². The fourth-order valence-electron chi connectivity index (χ4n) is 2.82. The van der Waals surface area contributed by atoms with Crippen molar-refractivity contribution in [2.45, 2.75) is 32.4 Å². The molecule has 7 nitrogen and oxygen atoms in total. The fraction of sp³-hybridized carbons (Fsp3) is 0.286. The van der Waals surface area contributed by atoms with E-state index in [4.69, 9.17) is 32.7 Å². The topological polar surface area (TPSA) is 80.2 Å². The number of hydrazone groups is 1. The summed E-state index contributed by atoms with van der Waals surface area (Å²) in [5, 5.41) is 8.58. The van der Waals surface area contributed by atoms with Crippen LogP contribution in [0.25, 0.3) is 0 Å². The Bertz CT molecular complexity index is 1010. The third-order valence-corrected chi connectivity index (χ3v) is 5.44. The van der Waals surface area contributed by atoms with E-state index in [1.807, 2.05) is 6.92 Å². The predicted octanol–water partition coefficient (Wildman–Crippen LogP) is 4.64. The van der Waals surface area contributed by atoms with Crippen LogP contribution in [0.15, 0.2) is 41.5 Å². The minimum Gasteiger partial charge on any atom is -0.493 e. The van der Waals surface area contributed by atoms with Gasteiger partial charge in [-0.2, -0.15) is 5.10 Å². The molecule has 30 heavy (non-hydrogen) atoms. The normalized spacial score (nSPS) is 18.8. The van der Waals surface area contributed by atoms with Gasteiger partial charge in [-0.1, -0.05) is 36.2 Å². The van der Waals surface area contributed by atoms with Crippen molar-refractivity contribution in [2.24, 2.45) is 5.10 Å². The maximum atomic E-state index is 12.4. The number of hydrogen-bond acceptors (Lipinski definition) is 5. The maximum absolute atomic E-state index is 12.4. The van der Waals surface area contributed by atoms with E-state index >= 15 is 0 Å². The molecule has 1 N–H and O–H groups in total. The second kappa shape index (κ2) is 8.93. The number of nitrogens with one attached hydrogen (secondary N) is 1. The number of hydrogen-bond donors (Lipinski definition) is 1. The summed E-state index contributed by atoms with van der Waals surface area (Å²) >= 11 is 12.1. The third-order valence-electron chi connectivity index (χ3n) is 4.85. The third kappa shape index (κ3) is 4.52. The molecule has 0 spiro atoms. The Hall–Kier alpha value is -2.77. The first kappa shape index (κ1) is 21.9. The van der Waals surface area contributed by atoms with Gasteiger partial charge in [-0.25, -0.2) is 4.79 Å². The van der Waals surface area contributed by atoms with Crippen molar-refractivity contribution in [3.05, 3.63) is 57.6 Å². The van der Waals surface area contributed by atoms with Gasteiger partial charge in [0.25, 0.3) is 5.91 Å². The van der Waals surface area contributed by atoms with Gasteiger partial charge in [0.15, 0.2) is 11.5 Å². The smallest absolute Gasteiger partial charge is 0.346 e. The molecule has 158 valence electrons. The Labute approximate surface area is 184 Å². The summed E-state index contributed by atoms with van der Waals surface area (Å²) < 4.78 is 11.2. The molecule has 2 aromatic carbocycles. The Morgan fingerprint density at radius 1 is 1.17 bits per heavy atom. The number of nitrogens with zero attached hydrogens (tertiary/aromatic N) is 2. The van der Waals surface area contributed by atoms with E-state index < -0.39 is 17.5 Å². The molecule has 1 fully saturated rings. The van der Waals surface area contributed by atoms with Crippen molar-refractivity contribution in [3.8, 4) is 11.5 Å². The molecule has 0 aromatic heterocycles. The van der Waals surface area contributed by atoms with Crippen LogP contribution in [-0.2, 0) is 11.4 Å². The largest absolute Gasteiger partial charge is 0.493 e. The fourth-order valence-corrected chi connectivity index (χ4v) is 3.28. The summed E-state index contributed by atoms with van der Waals surface area (Å²) in [4.78, 5) is 24.4. The number of ether oxygens (including phenoxy) is 2. The number of urea groups is 1. The molecule has 1 saturated heterocycles. The predicted molar refractivity (Wildman–Crippen MR) is 115 cm³/mol. The number of halogens is 2. The molecule has 3 amide bonds.